The number of allylic oxidation sites excluding steroid dienone is 2. The highest BCUT2D eigenvalue weighted by Crippen LogP contribution is 2.32. The van der Waals surface area contributed by atoms with Crippen LogP contribution in [0.15, 0.2) is 42.7 Å². The van der Waals surface area contributed by atoms with Crippen molar-refractivity contribution in [3.8, 4) is 5.75 Å². The Morgan fingerprint density at radius 3 is 2.45 bits per heavy atom. The lowest BCUT2D eigenvalue weighted by Crippen LogP contribution is -2.52. The van der Waals surface area contributed by atoms with Crippen molar-refractivity contribution >= 4 is 17.4 Å². The highest BCUT2D eigenvalue weighted by Gasteiger charge is 2.34. The van der Waals surface area contributed by atoms with Gasteiger partial charge in [0.15, 0.2) is 0 Å². The van der Waals surface area contributed by atoms with E-state index in [0.717, 1.165) is 93.7 Å². The number of aryl methyl sites for hydroxylation is 1. The zero-order valence-electron chi connectivity index (χ0n) is 23.2. The molecule has 7 nitrogen and oxygen atoms in total. The average molecular weight is 522 g/mol. The van der Waals surface area contributed by atoms with Crippen molar-refractivity contribution in [1.82, 2.24) is 19.8 Å². The van der Waals surface area contributed by atoms with Crippen LogP contribution < -0.4 is 14.5 Å². The summed E-state index contributed by atoms with van der Waals surface area (Å²) in [6, 6.07) is 8.45. The minimum atomic E-state index is 0.0671. The Labute approximate surface area is 227 Å². The molecule has 1 atom stereocenters. The number of aliphatic hydroxyl groups excluding tert-OH is 1. The molecule has 206 valence electrons. The van der Waals surface area contributed by atoms with Crippen LogP contribution in [0, 0.1) is 11.8 Å². The van der Waals surface area contributed by atoms with Gasteiger partial charge in [-0.2, -0.15) is 9.97 Å². The third-order valence-electron chi connectivity index (χ3n) is 8.27. The van der Waals surface area contributed by atoms with E-state index in [2.05, 4.69) is 59.6 Å². The van der Waals surface area contributed by atoms with Gasteiger partial charge in [-0.15, -0.1) is 0 Å². The van der Waals surface area contributed by atoms with Crippen molar-refractivity contribution < 1.29 is 14.6 Å². The summed E-state index contributed by atoms with van der Waals surface area (Å²) in [5, 5.41) is 11.9. The Morgan fingerprint density at radius 2 is 1.82 bits per heavy atom. The molecule has 7 heteroatoms. The molecule has 0 radical (unpaired) electrons. The van der Waals surface area contributed by atoms with Crippen LogP contribution in [0.2, 0.25) is 0 Å². The number of carbonyl (C=O) groups excluding carboxylic acids is 1. The van der Waals surface area contributed by atoms with E-state index in [1.807, 2.05) is 12.4 Å². The van der Waals surface area contributed by atoms with Crippen molar-refractivity contribution in [2.24, 2.45) is 11.8 Å². The molecule has 1 saturated heterocycles. The Balaban J connectivity index is 1.19. The van der Waals surface area contributed by atoms with E-state index in [-0.39, 0.29) is 18.4 Å². The van der Waals surface area contributed by atoms with Crippen LogP contribution >= 0.6 is 0 Å². The van der Waals surface area contributed by atoms with Crippen molar-refractivity contribution in [1.29, 1.82) is 0 Å². The van der Waals surface area contributed by atoms with Crippen LogP contribution in [-0.2, 0) is 11.2 Å². The Kier molecular flexibility index (Phi) is 10.3. The largest absolute Gasteiger partial charge is 0.493 e. The number of aliphatic hydroxyl groups is 1. The fourth-order valence-corrected chi connectivity index (χ4v) is 5.45. The van der Waals surface area contributed by atoms with Crippen molar-refractivity contribution in [3.05, 3.63) is 53.9 Å². The molecule has 0 bridgehead atoms. The van der Waals surface area contributed by atoms with Gasteiger partial charge in [-0.3, -0.25) is 9.28 Å². The number of carbonyl (C=O) groups is 1. The van der Waals surface area contributed by atoms with Gasteiger partial charge in [0.25, 0.3) is 0 Å². The summed E-state index contributed by atoms with van der Waals surface area (Å²) >= 11 is 0. The number of amides is 1. The number of quaternary nitrogens is 1. The van der Waals surface area contributed by atoms with Gasteiger partial charge in [0.1, 0.15) is 5.75 Å². The number of hydrogen-bond acceptors (Lipinski definition) is 5. The zero-order chi connectivity index (χ0) is 26.8. The molecule has 2 aliphatic rings. The second-order valence-electron chi connectivity index (χ2n) is 11.1. The molecular weight excluding hydrogens is 476 g/mol. The summed E-state index contributed by atoms with van der Waals surface area (Å²) in [5.41, 5.74) is 3.73. The van der Waals surface area contributed by atoms with Gasteiger partial charge in [0, 0.05) is 50.2 Å². The molecular formula is C31H45N4O3+. The molecule has 0 spiro atoms. The first-order chi connectivity index (χ1) is 18.5. The molecule has 0 saturated carbocycles. The summed E-state index contributed by atoms with van der Waals surface area (Å²) in [6.07, 6.45) is 14.6. The SMILES string of the molecule is CCc1cnc([N+]2(C)CCC(COc3ccc(C4=CCC(C(=O)NCCCCCO)CC4)cc3)CC2)nc1. The van der Waals surface area contributed by atoms with Crippen LogP contribution in [0.5, 0.6) is 5.75 Å². The molecule has 1 amide bonds. The molecule has 1 aliphatic carbocycles. The van der Waals surface area contributed by atoms with Gasteiger partial charge in [0.05, 0.1) is 26.7 Å². The number of piperidine rings is 1. The molecule has 1 aliphatic heterocycles. The minimum Gasteiger partial charge on any atom is -0.493 e. The molecule has 4 rings (SSSR count). The van der Waals surface area contributed by atoms with Crippen LogP contribution in [0.3, 0.4) is 0 Å². The molecule has 2 heterocycles. The monoisotopic (exact) mass is 521 g/mol. The van der Waals surface area contributed by atoms with E-state index in [0.29, 0.717) is 12.5 Å². The predicted octanol–water partition coefficient (Wildman–Crippen LogP) is 4.93. The van der Waals surface area contributed by atoms with Crippen molar-refractivity contribution in [2.45, 2.75) is 64.7 Å². The molecule has 2 N–H and O–H groups in total. The number of unbranched alkanes of at least 4 members (excludes halogenated alkanes) is 2. The number of likely N-dealkylation sites (tertiary alicyclic amines) is 1. The van der Waals surface area contributed by atoms with Gasteiger partial charge in [-0.25, -0.2) is 0 Å². The number of hydrogen-bond donors (Lipinski definition) is 2. The molecule has 2 aromatic rings. The summed E-state index contributed by atoms with van der Waals surface area (Å²) in [6.45, 7) is 5.87. The van der Waals surface area contributed by atoms with E-state index in [1.165, 1.54) is 16.7 Å². The lowest BCUT2D eigenvalue weighted by Gasteiger charge is -2.37. The number of nitrogens with one attached hydrogen (secondary N) is 1. The van der Waals surface area contributed by atoms with Gasteiger partial charge in [-0.1, -0.05) is 25.1 Å². The van der Waals surface area contributed by atoms with Gasteiger partial charge < -0.3 is 15.2 Å². The zero-order valence-corrected chi connectivity index (χ0v) is 23.2. The summed E-state index contributed by atoms with van der Waals surface area (Å²) < 4.78 is 6.98. The van der Waals surface area contributed by atoms with E-state index in [1.54, 1.807) is 0 Å². The Hall–Kier alpha value is -2.77. The smallest absolute Gasteiger partial charge is 0.328 e. The van der Waals surface area contributed by atoms with E-state index in [4.69, 9.17) is 9.84 Å². The van der Waals surface area contributed by atoms with Crippen LogP contribution in [-0.4, -0.2) is 60.9 Å². The van der Waals surface area contributed by atoms with Gasteiger partial charge >= 0.3 is 5.95 Å². The summed E-state index contributed by atoms with van der Waals surface area (Å²) in [4.78, 5) is 21.7. The quantitative estimate of drug-likeness (QED) is 0.306. The first-order valence-corrected chi connectivity index (χ1v) is 14.5. The molecule has 1 aromatic heterocycles. The second-order valence-corrected chi connectivity index (χ2v) is 11.1. The van der Waals surface area contributed by atoms with Crippen molar-refractivity contribution in [3.63, 3.8) is 0 Å². The number of benzene rings is 1. The van der Waals surface area contributed by atoms with E-state index < -0.39 is 0 Å². The maximum Gasteiger partial charge on any atom is 0.328 e. The number of aromatic nitrogens is 2. The first-order valence-electron chi connectivity index (χ1n) is 14.5. The predicted molar refractivity (Wildman–Crippen MR) is 153 cm³/mol. The number of nitrogens with zero attached hydrogens (tertiary/aromatic N) is 3. The summed E-state index contributed by atoms with van der Waals surface area (Å²) in [7, 11) is 2.24. The maximum absolute atomic E-state index is 12.4. The fourth-order valence-electron chi connectivity index (χ4n) is 5.45. The van der Waals surface area contributed by atoms with Gasteiger partial charge in [0.2, 0.25) is 5.91 Å². The first kappa shape index (κ1) is 28.2. The normalized spacial score (nSPS) is 23.5. The Bertz CT molecular complexity index is 1040. The topological polar surface area (TPSA) is 84.3 Å². The molecule has 1 aromatic carbocycles. The van der Waals surface area contributed by atoms with Crippen LogP contribution in [0.25, 0.3) is 5.57 Å². The molecule has 38 heavy (non-hydrogen) atoms. The van der Waals surface area contributed by atoms with Crippen molar-refractivity contribution in [2.75, 3.05) is 39.9 Å². The van der Waals surface area contributed by atoms with E-state index >= 15 is 0 Å². The third-order valence-corrected chi connectivity index (χ3v) is 8.27. The highest BCUT2D eigenvalue weighted by molar-refractivity contribution is 5.80. The highest BCUT2D eigenvalue weighted by atomic mass is 16.5. The lowest BCUT2D eigenvalue weighted by molar-refractivity contribution is -0.125. The second kappa shape index (κ2) is 13.9. The third kappa shape index (κ3) is 7.64. The minimum absolute atomic E-state index is 0.0671. The van der Waals surface area contributed by atoms with Crippen LogP contribution in [0.1, 0.15) is 69.4 Å². The lowest BCUT2D eigenvalue weighted by atomic mass is 9.86. The van der Waals surface area contributed by atoms with E-state index in [9.17, 15) is 4.79 Å². The number of rotatable bonds is 12. The number of ether oxygens (including phenoxy) is 1. The molecule has 1 unspecified atom stereocenters. The van der Waals surface area contributed by atoms with Gasteiger partial charge in [-0.05, 0) is 73.8 Å². The average Bonchev–Trinajstić information content (AvgIpc) is 2.97. The standard InChI is InChI=1S/C31H44N4O3/c1-3-24-21-33-31(34-22-24)35(2)18-15-25(16-19-35)23-38-29-13-11-27(12-14-29)26-7-9-28(10-8-26)30(37)32-17-5-4-6-20-36/h7,11-14,21-22,25,28,36H,3-6,8-10,15-20,23H2,1-2H3/p+1. The Morgan fingerprint density at radius 1 is 1.08 bits per heavy atom. The summed E-state index contributed by atoms with van der Waals surface area (Å²) in [5.74, 6) is 2.63. The fraction of sp³-hybridized carbons (Fsp3) is 0.581. The van der Waals surface area contributed by atoms with Crippen LogP contribution in [0.4, 0.5) is 5.95 Å². The molecule has 1 fully saturated rings. The maximum atomic E-state index is 12.4.